The number of hydrogen-bond donors (Lipinski definition) is 1. The van der Waals surface area contributed by atoms with Crippen molar-refractivity contribution in [3.63, 3.8) is 0 Å². The van der Waals surface area contributed by atoms with Gasteiger partial charge in [0, 0.05) is 29.4 Å². The zero-order chi connectivity index (χ0) is 17.2. The molecule has 24 heavy (non-hydrogen) atoms. The minimum Gasteiger partial charge on any atom is -0.322 e. The second-order valence-electron chi connectivity index (χ2n) is 5.60. The molecule has 1 amide bonds. The standard InChI is InChI=1S/C17H17ClN2O3S/c18-14-6-4-7-15(12-14)19-17(21)13-5-3-8-16(11-13)24(22,23)20-9-1-2-10-20/h3-8,11-12H,1-2,9-10H2,(H,19,21). The summed E-state index contributed by atoms with van der Waals surface area (Å²) in [5.41, 5.74) is 0.843. The SMILES string of the molecule is O=C(Nc1cccc(Cl)c1)c1cccc(S(=O)(=O)N2CCCC2)c1. The number of anilines is 1. The predicted molar refractivity (Wildman–Crippen MR) is 93.8 cm³/mol. The summed E-state index contributed by atoms with van der Waals surface area (Å²) in [7, 11) is -3.54. The average Bonchev–Trinajstić information content (AvgIpc) is 3.10. The first-order chi connectivity index (χ1) is 11.5. The summed E-state index contributed by atoms with van der Waals surface area (Å²) < 4.78 is 26.6. The first-order valence-corrected chi connectivity index (χ1v) is 9.46. The van der Waals surface area contributed by atoms with E-state index in [1.54, 1.807) is 36.4 Å². The van der Waals surface area contributed by atoms with E-state index in [9.17, 15) is 13.2 Å². The Kier molecular flexibility index (Phi) is 4.89. The quantitative estimate of drug-likeness (QED) is 0.904. The smallest absolute Gasteiger partial charge is 0.255 e. The average molecular weight is 365 g/mol. The highest BCUT2D eigenvalue weighted by molar-refractivity contribution is 7.89. The normalized spacial score (nSPS) is 15.4. The van der Waals surface area contributed by atoms with Crippen LogP contribution in [0.5, 0.6) is 0 Å². The lowest BCUT2D eigenvalue weighted by Gasteiger charge is -2.16. The van der Waals surface area contributed by atoms with Crippen molar-refractivity contribution in [2.45, 2.75) is 17.7 Å². The molecule has 0 unspecified atom stereocenters. The first-order valence-electron chi connectivity index (χ1n) is 7.64. The van der Waals surface area contributed by atoms with E-state index in [4.69, 9.17) is 11.6 Å². The Morgan fingerprint density at radius 3 is 2.46 bits per heavy atom. The Bertz CT molecular complexity index is 862. The Morgan fingerprint density at radius 1 is 1.04 bits per heavy atom. The summed E-state index contributed by atoms with van der Waals surface area (Å²) >= 11 is 5.90. The number of nitrogens with zero attached hydrogens (tertiary/aromatic N) is 1. The molecule has 0 atom stereocenters. The number of halogens is 1. The fourth-order valence-electron chi connectivity index (χ4n) is 2.64. The molecule has 0 radical (unpaired) electrons. The summed E-state index contributed by atoms with van der Waals surface area (Å²) in [4.78, 5) is 12.5. The topological polar surface area (TPSA) is 66.5 Å². The minimum absolute atomic E-state index is 0.142. The molecule has 7 heteroatoms. The van der Waals surface area contributed by atoms with E-state index in [1.165, 1.54) is 16.4 Å². The van der Waals surface area contributed by atoms with Crippen molar-refractivity contribution in [2.24, 2.45) is 0 Å². The van der Waals surface area contributed by atoms with Gasteiger partial charge in [0.2, 0.25) is 10.0 Å². The maximum atomic E-state index is 12.6. The van der Waals surface area contributed by atoms with Crippen LogP contribution < -0.4 is 5.32 Å². The molecule has 2 aromatic carbocycles. The molecular formula is C17H17ClN2O3S. The molecule has 0 bridgehead atoms. The lowest BCUT2D eigenvalue weighted by atomic mass is 10.2. The molecule has 0 aromatic heterocycles. The van der Waals surface area contributed by atoms with Crippen LogP contribution in [0, 0.1) is 0 Å². The number of sulfonamides is 1. The third-order valence-corrected chi connectivity index (χ3v) is 6.01. The Labute approximate surface area is 146 Å². The van der Waals surface area contributed by atoms with Crippen LogP contribution in [-0.4, -0.2) is 31.7 Å². The molecule has 1 heterocycles. The fourth-order valence-corrected chi connectivity index (χ4v) is 4.40. The van der Waals surface area contributed by atoms with Gasteiger partial charge < -0.3 is 5.32 Å². The van der Waals surface area contributed by atoms with Crippen molar-refractivity contribution in [2.75, 3.05) is 18.4 Å². The second kappa shape index (κ2) is 6.93. The summed E-state index contributed by atoms with van der Waals surface area (Å²) in [6.45, 7) is 1.06. The Hall–Kier alpha value is -1.89. The van der Waals surface area contributed by atoms with Gasteiger partial charge >= 0.3 is 0 Å². The van der Waals surface area contributed by atoms with Crippen molar-refractivity contribution in [3.8, 4) is 0 Å². The van der Waals surface area contributed by atoms with Crippen molar-refractivity contribution in [1.82, 2.24) is 4.31 Å². The molecule has 0 aliphatic carbocycles. The van der Waals surface area contributed by atoms with E-state index in [0.717, 1.165) is 12.8 Å². The molecule has 1 saturated heterocycles. The summed E-state index contributed by atoms with van der Waals surface area (Å²) in [5, 5.41) is 3.23. The summed E-state index contributed by atoms with van der Waals surface area (Å²) in [6, 6.07) is 12.9. The molecule has 3 rings (SSSR count). The van der Waals surface area contributed by atoms with Gasteiger partial charge in [-0.1, -0.05) is 23.7 Å². The van der Waals surface area contributed by atoms with Gasteiger partial charge in [-0.3, -0.25) is 4.79 Å². The van der Waals surface area contributed by atoms with Crippen LogP contribution in [0.4, 0.5) is 5.69 Å². The molecule has 126 valence electrons. The van der Waals surface area contributed by atoms with Crippen molar-refractivity contribution in [1.29, 1.82) is 0 Å². The highest BCUT2D eigenvalue weighted by Gasteiger charge is 2.27. The van der Waals surface area contributed by atoms with Crippen LogP contribution in [0.1, 0.15) is 23.2 Å². The Balaban J connectivity index is 1.83. The molecule has 1 N–H and O–H groups in total. The van der Waals surface area contributed by atoms with Crippen LogP contribution in [-0.2, 0) is 10.0 Å². The zero-order valence-corrected chi connectivity index (χ0v) is 14.5. The van der Waals surface area contributed by atoms with Crippen LogP contribution in [0.3, 0.4) is 0 Å². The van der Waals surface area contributed by atoms with Gasteiger partial charge in [0.05, 0.1) is 4.90 Å². The molecular weight excluding hydrogens is 348 g/mol. The second-order valence-corrected chi connectivity index (χ2v) is 7.98. The zero-order valence-electron chi connectivity index (χ0n) is 12.9. The summed E-state index contributed by atoms with van der Waals surface area (Å²) in [6.07, 6.45) is 1.74. The third kappa shape index (κ3) is 3.61. The molecule has 1 aliphatic rings. The van der Waals surface area contributed by atoms with Gasteiger partial charge in [-0.15, -0.1) is 0 Å². The molecule has 5 nitrogen and oxygen atoms in total. The maximum Gasteiger partial charge on any atom is 0.255 e. The van der Waals surface area contributed by atoms with Gasteiger partial charge in [0.15, 0.2) is 0 Å². The number of rotatable bonds is 4. The molecule has 1 fully saturated rings. The molecule has 0 saturated carbocycles. The monoisotopic (exact) mass is 364 g/mol. The number of hydrogen-bond acceptors (Lipinski definition) is 3. The van der Waals surface area contributed by atoms with Crippen LogP contribution >= 0.6 is 11.6 Å². The lowest BCUT2D eigenvalue weighted by molar-refractivity contribution is 0.102. The number of benzene rings is 2. The lowest BCUT2D eigenvalue weighted by Crippen LogP contribution is -2.28. The van der Waals surface area contributed by atoms with Crippen molar-refractivity contribution in [3.05, 3.63) is 59.1 Å². The van der Waals surface area contributed by atoms with E-state index in [0.29, 0.717) is 23.8 Å². The number of nitrogens with one attached hydrogen (secondary N) is 1. The number of carbonyl (C=O) groups excluding carboxylic acids is 1. The van der Waals surface area contributed by atoms with Gasteiger partial charge in [0.1, 0.15) is 0 Å². The van der Waals surface area contributed by atoms with Crippen LogP contribution in [0.2, 0.25) is 5.02 Å². The van der Waals surface area contributed by atoms with E-state index < -0.39 is 10.0 Å². The van der Waals surface area contributed by atoms with Gasteiger partial charge in [0.25, 0.3) is 5.91 Å². The van der Waals surface area contributed by atoms with Gasteiger partial charge in [-0.25, -0.2) is 8.42 Å². The number of carbonyl (C=O) groups is 1. The molecule has 2 aromatic rings. The number of amides is 1. The van der Waals surface area contributed by atoms with Gasteiger partial charge in [-0.2, -0.15) is 4.31 Å². The highest BCUT2D eigenvalue weighted by atomic mass is 35.5. The first kappa shape index (κ1) is 17.0. The predicted octanol–water partition coefficient (Wildman–Crippen LogP) is 3.38. The summed E-state index contributed by atoms with van der Waals surface area (Å²) in [5.74, 6) is -0.379. The van der Waals surface area contributed by atoms with E-state index >= 15 is 0 Å². The van der Waals surface area contributed by atoms with E-state index in [-0.39, 0.29) is 16.4 Å². The Morgan fingerprint density at radius 2 is 1.75 bits per heavy atom. The van der Waals surface area contributed by atoms with Crippen molar-refractivity contribution >= 4 is 33.2 Å². The van der Waals surface area contributed by atoms with E-state index in [2.05, 4.69) is 5.32 Å². The molecule has 1 aliphatic heterocycles. The third-order valence-electron chi connectivity index (χ3n) is 3.88. The van der Waals surface area contributed by atoms with Crippen molar-refractivity contribution < 1.29 is 13.2 Å². The maximum absolute atomic E-state index is 12.6. The highest BCUT2D eigenvalue weighted by Crippen LogP contribution is 2.22. The van der Waals surface area contributed by atoms with E-state index in [1.807, 2.05) is 0 Å². The van der Waals surface area contributed by atoms with Crippen LogP contribution in [0.25, 0.3) is 0 Å². The fraction of sp³-hybridized carbons (Fsp3) is 0.235. The largest absolute Gasteiger partial charge is 0.322 e. The minimum atomic E-state index is -3.54. The molecule has 0 spiro atoms. The van der Waals surface area contributed by atoms with Gasteiger partial charge in [-0.05, 0) is 49.2 Å². The van der Waals surface area contributed by atoms with Crippen LogP contribution in [0.15, 0.2) is 53.4 Å².